The lowest BCUT2D eigenvalue weighted by atomic mass is 10.2. The van der Waals surface area contributed by atoms with Crippen LogP contribution in [0.3, 0.4) is 0 Å². The molecule has 0 spiro atoms. The Morgan fingerprint density at radius 2 is 2.07 bits per heavy atom. The van der Waals surface area contributed by atoms with Gasteiger partial charge in [-0.3, -0.25) is 10.1 Å². The molecule has 0 saturated carbocycles. The van der Waals surface area contributed by atoms with Crippen LogP contribution in [0.5, 0.6) is 5.75 Å². The van der Waals surface area contributed by atoms with Gasteiger partial charge in [-0.2, -0.15) is 5.10 Å². The molecular formula is C20H26N6O3. The first-order valence-electron chi connectivity index (χ1n) is 9.39. The molecule has 29 heavy (non-hydrogen) atoms. The summed E-state index contributed by atoms with van der Waals surface area (Å²) >= 11 is 0. The molecule has 3 rings (SSSR count). The SMILES string of the molecule is CN=C(NCCCOCc1ccco1)NCc1nc(-c2ccc(OC)cc2)n[nH]1. The zero-order chi connectivity index (χ0) is 20.3. The van der Waals surface area contributed by atoms with E-state index >= 15 is 0 Å². The Labute approximate surface area is 169 Å². The highest BCUT2D eigenvalue weighted by Crippen LogP contribution is 2.18. The van der Waals surface area contributed by atoms with Crippen molar-refractivity contribution in [1.29, 1.82) is 0 Å². The van der Waals surface area contributed by atoms with Crippen LogP contribution in [0.25, 0.3) is 11.4 Å². The van der Waals surface area contributed by atoms with Crippen LogP contribution >= 0.6 is 0 Å². The molecule has 0 aliphatic heterocycles. The van der Waals surface area contributed by atoms with Gasteiger partial charge < -0.3 is 24.5 Å². The molecule has 0 bridgehead atoms. The van der Waals surface area contributed by atoms with Crippen molar-refractivity contribution in [2.24, 2.45) is 4.99 Å². The van der Waals surface area contributed by atoms with Gasteiger partial charge in [0.1, 0.15) is 23.9 Å². The Balaban J connectivity index is 1.36. The van der Waals surface area contributed by atoms with Gasteiger partial charge >= 0.3 is 0 Å². The second kappa shape index (κ2) is 10.9. The number of aromatic nitrogens is 3. The maximum absolute atomic E-state index is 5.56. The molecule has 0 saturated heterocycles. The Bertz CT molecular complexity index is 874. The fourth-order valence-electron chi connectivity index (χ4n) is 2.58. The molecular weight excluding hydrogens is 372 g/mol. The highest BCUT2D eigenvalue weighted by molar-refractivity contribution is 5.79. The van der Waals surface area contributed by atoms with Crippen molar-refractivity contribution in [3.8, 4) is 17.1 Å². The van der Waals surface area contributed by atoms with E-state index in [1.54, 1.807) is 20.4 Å². The Kier molecular flexibility index (Phi) is 7.64. The van der Waals surface area contributed by atoms with Gasteiger partial charge in [-0.25, -0.2) is 4.98 Å². The lowest BCUT2D eigenvalue weighted by Crippen LogP contribution is -2.37. The van der Waals surface area contributed by atoms with E-state index in [0.29, 0.717) is 31.5 Å². The van der Waals surface area contributed by atoms with E-state index in [4.69, 9.17) is 13.9 Å². The maximum atomic E-state index is 5.56. The number of rotatable bonds is 10. The fraction of sp³-hybridized carbons (Fsp3) is 0.350. The van der Waals surface area contributed by atoms with Gasteiger partial charge in [0.05, 0.1) is 19.9 Å². The van der Waals surface area contributed by atoms with Gasteiger partial charge in [-0.05, 0) is 42.8 Å². The summed E-state index contributed by atoms with van der Waals surface area (Å²) in [4.78, 5) is 8.71. The molecule has 2 heterocycles. The van der Waals surface area contributed by atoms with Crippen LogP contribution in [0.2, 0.25) is 0 Å². The molecule has 0 atom stereocenters. The van der Waals surface area contributed by atoms with E-state index in [1.807, 2.05) is 36.4 Å². The molecule has 2 aromatic heterocycles. The predicted molar refractivity (Wildman–Crippen MR) is 110 cm³/mol. The van der Waals surface area contributed by atoms with Gasteiger partial charge in [-0.1, -0.05) is 0 Å². The average molecular weight is 398 g/mol. The van der Waals surface area contributed by atoms with Crippen molar-refractivity contribution >= 4 is 5.96 Å². The van der Waals surface area contributed by atoms with E-state index < -0.39 is 0 Å². The van der Waals surface area contributed by atoms with Crippen LogP contribution in [0.1, 0.15) is 18.0 Å². The number of aromatic amines is 1. The summed E-state index contributed by atoms with van der Waals surface area (Å²) < 4.78 is 15.9. The summed E-state index contributed by atoms with van der Waals surface area (Å²) in [6, 6.07) is 11.4. The van der Waals surface area contributed by atoms with E-state index in [9.17, 15) is 0 Å². The predicted octanol–water partition coefficient (Wildman–Crippen LogP) is 2.35. The van der Waals surface area contributed by atoms with Gasteiger partial charge in [0.2, 0.25) is 0 Å². The minimum absolute atomic E-state index is 0.484. The van der Waals surface area contributed by atoms with Crippen LogP contribution < -0.4 is 15.4 Å². The number of H-pyrrole nitrogens is 1. The number of ether oxygens (including phenoxy) is 2. The van der Waals surface area contributed by atoms with Crippen molar-refractivity contribution < 1.29 is 13.9 Å². The number of nitrogens with one attached hydrogen (secondary N) is 3. The largest absolute Gasteiger partial charge is 0.497 e. The number of guanidine groups is 1. The lowest BCUT2D eigenvalue weighted by molar-refractivity contribution is 0.105. The standard InChI is InChI=1S/C20H26N6O3/c1-21-20(22-10-4-11-28-14-17-5-3-12-29-17)23-13-18-24-19(26-25-18)15-6-8-16(27-2)9-7-15/h3,5-9,12H,4,10-11,13-14H2,1-2H3,(H2,21,22,23)(H,24,25,26). The molecule has 0 unspecified atom stereocenters. The molecule has 9 nitrogen and oxygen atoms in total. The number of aliphatic imine (C=N–C) groups is 1. The van der Waals surface area contributed by atoms with E-state index in [1.165, 1.54) is 0 Å². The molecule has 0 aliphatic carbocycles. The normalized spacial score (nSPS) is 11.4. The van der Waals surface area contributed by atoms with E-state index in [2.05, 4.69) is 30.8 Å². The van der Waals surface area contributed by atoms with E-state index in [-0.39, 0.29) is 0 Å². The summed E-state index contributed by atoms with van der Waals surface area (Å²) in [7, 11) is 3.37. The number of hydrogen-bond donors (Lipinski definition) is 3. The molecule has 0 aliphatic rings. The smallest absolute Gasteiger partial charge is 0.191 e. The molecule has 154 valence electrons. The summed E-state index contributed by atoms with van der Waals surface area (Å²) in [5, 5.41) is 13.7. The summed E-state index contributed by atoms with van der Waals surface area (Å²) in [5.74, 6) is 3.68. The molecule has 0 radical (unpaired) electrons. The first-order valence-corrected chi connectivity index (χ1v) is 9.39. The van der Waals surface area contributed by atoms with Gasteiger partial charge in [-0.15, -0.1) is 0 Å². The third kappa shape index (κ3) is 6.35. The van der Waals surface area contributed by atoms with Crippen LogP contribution in [-0.4, -0.2) is 48.5 Å². The Hall–Kier alpha value is -3.33. The molecule has 3 aromatic rings. The van der Waals surface area contributed by atoms with Crippen molar-refractivity contribution in [1.82, 2.24) is 25.8 Å². The first kappa shape index (κ1) is 20.4. The topological polar surface area (TPSA) is 110 Å². The van der Waals surface area contributed by atoms with E-state index in [0.717, 1.165) is 35.9 Å². The van der Waals surface area contributed by atoms with Crippen LogP contribution in [-0.2, 0) is 17.9 Å². The monoisotopic (exact) mass is 398 g/mol. The molecule has 9 heteroatoms. The van der Waals surface area contributed by atoms with Crippen molar-refractivity contribution in [2.75, 3.05) is 27.3 Å². The van der Waals surface area contributed by atoms with Crippen LogP contribution in [0.4, 0.5) is 0 Å². The molecule has 0 fully saturated rings. The number of benzene rings is 1. The molecule has 3 N–H and O–H groups in total. The van der Waals surface area contributed by atoms with Crippen molar-refractivity contribution in [2.45, 2.75) is 19.6 Å². The zero-order valence-corrected chi connectivity index (χ0v) is 16.6. The Morgan fingerprint density at radius 3 is 2.79 bits per heavy atom. The van der Waals surface area contributed by atoms with Crippen molar-refractivity contribution in [3.05, 3.63) is 54.2 Å². The summed E-state index contributed by atoms with van der Waals surface area (Å²) in [5.41, 5.74) is 0.922. The zero-order valence-electron chi connectivity index (χ0n) is 16.6. The fourth-order valence-corrected chi connectivity index (χ4v) is 2.58. The number of furan rings is 1. The second-order valence-electron chi connectivity index (χ2n) is 6.17. The number of nitrogens with zero attached hydrogens (tertiary/aromatic N) is 3. The van der Waals surface area contributed by atoms with Crippen LogP contribution in [0, 0.1) is 0 Å². The van der Waals surface area contributed by atoms with Gasteiger partial charge in [0, 0.05) is 25.8 Å². The molecule has 0 amide bonds. The maximum Gasteiger partial charge on any atom is 0.191 e. The quantitative estimate of drug-likeness (QED) is 0.273. The third-order valence-electron chi connectivity index (χ3n) is 4.11. The number of methoxy groups -OCH3 is 1. The number of hydrogen-bond acceptors (Lipinski definition) is 6. The minimum Gasteiger partial charge on any atom is -0.497 e. The second-order valence-corrected chi connectivity index (χ2v) is 6.17. The van der Waals surface area contributed by atoms with Crippen molar-refractivity contribution in [3.63, 3.8) is 0 Å². The minimum atomic E-state index is 0.484. The summed E-state index contributed by atoms with van der Waals surface area (Å²) in [6.07, 6.45) is 2.50. The summed E-state index contributed by atoms with van der Waals surface area (Å²) in [6.45, 7) is 2.35. The van der Waals surface area contributed by atoms with Gasteiger partial charge in [0.15, 0.2) is 11.8 Å². The average Bonchev–Trinajstić information content (AvgIpc) is 3.45. The van der Waals surface area contributed by atoms with Crippen LogP contribution in [0.15, 0.2) is 52.1 Å². The Morgan fingerprint density at radius 1 is 1.21 bits per heavy atom. The molecule has 1 aromatic carbocycles. The lowest BCUT2D eigenvalue weighted by Gasteiger charge is -2.10. The first-order chi connectivity index (χ1) is 14.3. The highest BCUT2D eigenvalue weighted by Gasteiger charge is 2.07. The van der Waals surface area contributed by atoms with Gasteiger partial charge in [0.25, 0.3) is 0 Å². The highest BCUT2D eigenvalue weighted by atomic mass is 16.5. The third-order valence-corrected chi connectivity index (χ3v) is 4.11.